The molecule has 0 aromatic heterocycles. The second-order valence-corrected chi connectivity index (χ2v) is 5.63. The molecule has 4 nitrogen and oxygen atoms in total. The summed E-state index contributed by atoms with van der Waals surface area (Å²) in [5.74, 6) is 0.465. The molecule has 0 aliphatic carbocycles. The number of hydrogen-bond acceptors (Lipinski definition) is 2. The van der Waals surface area contributed by atoms with Crippen molar-refractivity contribution in [3.63, 3.8) is 0 Å². The van der Waals surface area contributed by atoms with Gasteiger partial charge in [-0.1, -0.05) is 19.1 Å². The number of nitrogens with one attached hydrogen (secondary N) is 1. The summed E-state index contributed by atoms with van der Waals surface area (Å²) in [6.07, 6.45) is 2.68. The summed E-state index contributed by atoms with van der Waals surface area (Å²) in [6.45, 7) is 4.69. The van der Waals surface area contributed by atoms with Crippen LogP contribution < -0.4 is 11.1 Å². The third-order valence-corrected chi connectivity index (χ3v) is 3.63. The van der Waals surface area contributed by atoms with Crippen LogP contribution in [0.3, 0.4) is 0 Å². The highest BCUT2D eigenvalue weighted by atomic mass is 32.2. The molecule has 0 heterocycles. The molecular formula is C13H21N3OS. The van der Waals surface area contributed by atoms with Gasteiger partial charge in [0.1, 0.15) is 0 Å². The smallest absolute Gasteiger partial charge is 0.189 e. The standard InChI is InChI=1S/C13H21N3OS/c1-4-10(2)16-13(14)15-9-11-5-7-12(8-6-11)18(3)17/h5-8,10H,4,9H2,1-3H3,(H3,14,15,16). The summed E-state index contributed by atoms with van der Waals surface area (Å²) in [5, 5.41) is 3.11. The average molecular weight is 267 g/mol. The van der Waals surface area contributed by atoms with Crippen LogP contribution in [0.4, 0.5) is 0 Å². The van der Waals surface area contributed by atoms with E-state index in [0.29, 0.717) is 18.5 Å². The number of nitrogens with zero attached hydrogens (tertiary/aromatic N) is 1. The van der Waals surface area contributed by atoms with Gasteiger partial charge in [-0.25, -0.2) is 4.99 Å². The van der Waals surface area contributed by atoms with E-state index in [9.17, 15) is 4.21 Å². The van der Waals surface area contributed by atoms with E-state index in [1.54, 1.807) is 6.26 Å². The van der Waals surface area contributed by atoms with Gasteiger partial charge in [0.2, 0.25) is 0 Å². The van der Waals surface area contributed by atoms with Crippen LogP contribution >= 0.6 is 0 Å². The molecule has 0 aliphatic heterocycles. The van der Waals surface area contributed by atoms with Crippen molar-refractivity contribution in [1.29, 1.82) is 0 Å². The molecule has 18 heavy (non-hydrogen) atoms. The normalized spacial score (nSPS) is 15.2. The SMILES string of the molecule is CCC(C)NC(N)=NCc1ccc(S(C)=O)cc1. The zero-order valence-corrected chi connectivity index (χ0v) is 12.0. The molecule has 5 heteroatoms. The summed E-state index contributed by atoms with van der Waals surface area (Å²) in [4.78, 5) is 5.09. The number of rotatable bonds is 5. The molecule has 2 atom stereocenters. The monoisotopic (exact) mass is 267 g/mol. The molecule has 0 radical (unpaired) electrons. The van der Waals surface area contributed by atoms with E-state index in [2.05, 4.69) is 24.2 Å². The van der Waals surface area contributed by atoms with Crippen LogP contribution in [0.2, 0.25) is 0 Å². The summed E-state index contributed by atoms with van der Waals surface area (Å²) in [6, 6.07) is 7.91. The van der Waals surface area contributed by atoms with E-state index in [4.69, 9.17) is 5.73 Å². The van der Waals surface area contributed by atoms with Gasteiger partial charge in [-0.15, -0.1) is 0 Å². The molecule has 0 saturated heterocycles. The Kier molecular flexibility index (Phi) is 5.85. The minimum atomic E-state index is -0.932. The Bertz CT molecular complexity index is 428. The fourth-order valence-corrected chi connectivity index (χ4v) is 1.88. The number of nitrogens with two attached hydrogens (primary N) is 1. The number of benzene rings is 1. The third-order valence-electron chi connectivity index (χ3n) is 2.69. The first kappa shape index (κ1) is 14.7. The van der Waals surface area contributed by atoms with Crippen molar-refractivity contribution in [2.24, 2.45) is 10.7 Å². The molecule has 0 amide bonds. The fourth-order valence-electron chi connectivity index (χ4n) is 1.36. The van der Waals surface area contributed by atoms with Crippen molar-refractivity contribution in [2.75, 3.05) is 6.26 Å². The summed E-state index contributed by atoms with van der Waals surface area (Å²) >= 11 is 0. The first-order valence-corrected chi connectivity index (χ1v) is 7.57. The van der Waals surface area contributed by atoms with Gasteiger partial charge >= 0.3 is 0 Å². The molecule has 0 aliphatic rings. The van der Waals surface area contributed by atoms with Crippen LogP contribution in [-0.2, 0) is 17.3 Å². The van der Waals surface area contributed by atoms with Crippen LogP contribution in [0, 0.1) is 0 Å². The lowest BCUT2D eigenvalue weighted by Crippen LogP contribution is -2.38. The lowest BCUT2D eigenvalue weighted by Gasteiger charge is -2.11. The Morgan fingerprint density at radius 1 is 1.44 bits per heavy atom. The first-order valence-electron chi connectivity index (χ1n) is 6.01. The number of guanidine groups is 1. The van der Waals surface area contributed by atoms with Gasteiger partial charge in [0.25, 0.3) is 0 Å². The Labute approximate surface area is 111 Å². The average Bonchev–Trinajstić information content (AvgIpc) is 2.36. The Balaban J connectivity index is 2.57. The van der Waals surface area contributed by atoms with Crippen LogP contribution in [0.25, 0.3) is 0 Å². The second-order valence-electron chi connectivity index (χ2n) is 4.25. The van der Waals surface area contributed by atoms with E-state index in [0.717, 1.165) is 16.9 Å². The van der Waals surface area contributed by atoms with Gasteiger partial charge < -0.3 is 11.1 Å². The van der Waals surface area contributed by atoms with Crippen molar-refractivity contribution in [2.45, 2.75) is 37.8 Å². The van der Waals surface area contributed by atoms with E-state index in [1.807, 2.05) is 24.3 Å². The number of aliphatic imine (C=N–C) groups is 1. The Morgan fingerprint density at radius 2 is 2.06 bits per heavy atom. The second kappa shape index (κ2) is 7.16. The third kappa shape index (κ3) is 4.87. The molecule has 1 aromatic rings. The topological polar surface area (TPSA) is 67.5 Å². The first-order chi connectivity index (χ1) is 8.52. The predicted molar refractivity (Wildman–Crippen MR) is 77.0 cm³/mol. The van der Waals surface area contributed by atoms with Gasteiger partial charge in [-0.3, -0.25) is 4.21 Å². The van der Waals surface area contributed by atoms with Crippen molar-refractivity contribution in [3.8, 4) is 0 Å². The fraction of sp³-hybridized carbons (Fsp3) is 0.462. The van der Waals surface area contributed by atoms with Crippen LogP contribution in [-0.4, -0.2) is 22.5 Å². The van der Waals surface area contributed by atoms with E-state index >= 15 is 0 Å². The van der Waals surface area contributed by atoms with E-state index in [1.165, 1.54) is 0 Å². The molecule has 3 N–H and O–H groups in total. The van der Waals surface area contributed by atoms with Crippen LogP contribution in [0.15, 0.2) is 34.2 Å². The van der Waals surface area contributed by atoms with E-state index in [-0.39, 0.29) is 0 Å². The Hall–Kier alpha value is -1.36. The zero-order valence-electron chi connectivity index (χ0n) is 11.1. The highest BCUT2D eigenvalue weighted by Gasteiger charge is 2.00. The molecule has 0 saturated carbocycles. The molecule has 100 valence electrons. The predicted octanol–water partition coefficient (Wildman–Crippen LogP) is 1.63. The number of hydrogen-bond donors (Lipinski definition) is 2. The van der Waals surface area contributed by atoms with Crippen molar-refractivity contribution in [3.05, 3.63) is 29.8 Å². The maximum atomic E-state index is 11.2. The molecule has 0 spiro atoms. The van der Waals surface area contributed by atoms with E-state index < -0.39 is 10.8 Å². The molecule has 1 rings (SSSR count). The lowest BCUT2D eigenvalue weighted by atomic mass is 10.2. The van der Waals surface area contributed by atoms with Crippen LogP contribution in [0.1, 0.15) is 25.8 Å². The van der Waals surface area contributed by atoms with Crippen molar-refractivity contribution in [1.82, 2.24) is 5.32 Å². The largest absolute Gasteiger partial charge is 0.370 e. The molecular weight excluding hydrogens is 246 g/mol. The summed E-state index contributed by atoms with van der Waals surface area (Å²) in [5.41, 5.74) is 6.82. The van der Waals surface area contributed by atoms with Crippen LogP contribution in [0.5, 0.6) is 0 Å². The van der Waals surface area contributed by atoms with Gasteiger partial charge in [0.15, 0.2) is 5.96 Å². The van der Waals surface area contributed by atoms with Gasteiger partial charge in [-0.05, 0) is 31.0 Å². The van der Waals surface area contributed by atoms with Gasteiger partial charge in [0.05, 0.1) is 6.54 Å². The lowest BCUT2D eigenvalue weighted by molar-refractivity contribution is 0.636. The minimum Gasteiger partial charge on any atom is -0.370 e. The summed E-state index contributed by atoms with van der Waals surface area (Å²) < 4.78 is 11.2. The molecule has 1 aromatic carbocycles. The van der Waals surface area contributed by atoms with Gasteiger partial charge in [0, 0.05) is 28.0 Å². The quantitative estimate of drug-likeness (QED) is 0.629. The maximum absolute atomic E-state index is 11.2. The van der Waals surface area contributed by atoms with Crippen molar-refractivity contribution >= 4 is 16.8 Å². The minimum absolute atomic E-state index is 0.332. The maximum Gasteiger partial charge on any atom is 0.189 e. The highest BCUT2D eigenvalue weighted by Crippen LogP contribution is 2.08. The Morgan fingerprint density at radius 3 is 2.56 bits per heavy atom. The van der Waals surface area contributed by atoms with Gasteiger partial charge in [-0.2, -0.15) is 0 Å². The molecule has 0 bridgehead atoms. The summed E-state index contributed by atoms with van der Waals surface area (Å²) in [7, 11) is -0.932. The highest BCUT2D eigenvalue weighted by molar-refractivity contribution is 7.84. The van der Waals surface area contributed by atoms with Crippen molar-refractivity contribution < 1.29 is 4.21 Å². The zero-order chi connectivity index (χ0) is 13.5. The molecule has 0 fully saturated rings. The molecule has 2 unspecified atom stereocenters.